The minimum absolute atomic E-state index is 0.0470. The van der Waals surface area contributed by atoms with Crippen LogP contribution in [-0.4, -0.2) is 23.0 Å². The molecule has 2 heterocycles. The van der Waals surface area contributed by atoms with E-state index in [0.29, 0.717) is 34.3 Å². The summed E-state index contributed by atoms with van der Waals surface area (Å²) in [6.45, 7) is 0.406. The zero-order chi connectivity index (χ0) is 23.2. The van der Waals surface area contributed by atoms with Gasteiger partial charge in [0, 0.05) is 29.9 Å². The number of carbonyl (C=O) groups is 1. The van der Waals surface area contributed by atoms with Crippen molar-refractivity contribution in [1.82, 2.24) is 15.3 Å². The molecular formula is C24H19F2N3O3S. The van der Waals surface area contributed by atoms with E-state index >= 15 is 0 Å². The standard InChI is InChI=1S/C24H19F2N3O3S/c1-31-22-10-17(5-7-21(22)32-13-15-4-6-18(25)19(26)9-15)24-29-20(14-33-24)23(30)28-12-16-3-2-8-27-11-16/h2-11,14H,12-13H2,1H3,(H,28,30). The Morgan fingerprint density at radius 2 is 1.94 bits per heavy atom. The van der Waals surface area contributed by atoms with Gasteiger partial charge in [-0.25, -0.2) is 13.8 Å². The molecule has 4 rings (SSSR count). The van der Waals surface area contributed by atoms with Crippen molar-refractivity contribution < 1.29 is 23.0 Å². The van der Waals surface area contributed by atoms with Crippen molar-refractivity contribution in [1.29, 1.82) is 0 Å². The smallest absolute Gasteiger partial charge is 0.271 e. The molecule has 0 unspecified atom stereocenters. The number of hydrogen-bond donors (Lipinski definition) is 1. The highest BCUT2D eigenvalue weighted by molar-refractivity contribution is 7.13. The summed E-state index contributed by atoms with van der Waals surface area (Å²) in [7, 11) is 1.50. The van der Waals surface area contributed by atoms with Crippen LogP contribution in [0.15, 0.2) is 66.3 Å². The molecule has 2 aromatic heterocycles. The molecule has 0 fully saturated rings. The summed E-state index contributed by atoms with van der Waals surface area (Å²) in [5.74, 6) is -1.22. The number of amides is 1. The summed E-state index contributed by atoms with van der Waals surface area (Å²) >= 11 is 1.33. The second-order valence-corrected chi connectivity index (χ2v) is 7.84. The van der Waals surface area contributed by atoms with Crippen molar-refractivity contribution in [3.8, 4) is 22.1 Å². The third-order valence-electron chi connectivity index (χ3n) is 4.70. The first-order chi connectivity index (χ1) is 16.0. The minimum Gasteiger partial charge on any atom is -0.493 e. The van der Waals surface area contributed by atoms with E-state index in [1.54, 1.807) is 42.0 Å². The SMILES string of the molecule is COc1cc(-c2nc(C(=O)NCc3cccnc3)cs2)ccc1OCc1ccc(F)c(F)c1. The molecule has 0 saturated heterocycles. The fourth-order valence-corrected chi connectivity index (χ4v) is 3.79. The summed E-state index contributed by atoms with van der Waals surface area (Å²) in [5, 5.41) is 5.16. The molecule has 0 aliphatic rings. The highest BCUT2D eigenvalue weighted by atomic mass is 32.1. The molecule has 0 aliphatic carbocycles. The molecule has 0 radical (unpaired) electrons. The number of benzene rings is 2. The van der Waals surface area contributed by atoms with E-state index < -0.39 is 11.6 Å². The Bertz CT molecular complexity index is 1270. The van der Waals surface area contributed by atoms with Crippen molar-refractivity contribution in [2.24, 2.45) is 0 Å². The lowest BCUT2D eigenvalue weighted by Gasteiger charge is -2.12. The molecule has 33 heavy (non-hydrogen) atoms. The molecule has 0 aliphatic heterocycles. The molecule has 0 bridgehead atoms. The lowest BCUT2D eigenvalue weighted by atomic mass is 10.2. The van der Waals surface area contributed by atoms with Crippen LogP contribution in [0.25, 0.3) is 10.6 Å². The topological polar surface area (TPSA) is 73.3 Å². The fourth-order valence-electron chi connectivity index (χ4n) is 3.00. The maximum absolute atomic E-state index is 13.4. The first-order valence-corrected chi connectivity index (χ1v) is 10.8. The Morgan fingerprint density at radius 3 is 2.70 bits per heavy atom. The predicted octanol–water partition coefficient (Wildman–Crippen LogP) is 5.00. The van der Waals surface area contributed by atoms with Gasteiger partial charge >= 0.3 is 0 Å². The number of methoxy groups -OCH3 is 1. The molecule has 0 saturated carbocycles. The lowest BCUT2D eigenvalue weighted by Crippen LogP contribution is -2.23. The van der Waals surface area contributed by atoms with Crippen molar-refractivity contribution in [3.63, 3.8) is 0 Å². The van der Waals surface area contributed by atoms with Gasteiger partial charge in [0.2, 0.25) is 0 Å². The Balaban J connectivity index is 1.43. The van der Waals surface area contributed by atoms with Gasteiger partial charge in [-0.3, -0.25) is 9.78 Å². The fraction of sp³-hybridized carbons (Fsp3) is 0.125. The largest absolute Gasteiger partial charge is 0.493 e. The van der Waals surface area contributed by atoms with Crippen LogP contribution < -0.4 is 14.8 Å². The first-order valence-electron chi connectivity index (χ1n) is 9.91. The Kier molecular flexibility index (Phi) is 6.89. The monoisotopic (exact) mass is 467 g/mol. The number of carbonyl (C=O) groups excluding carboxylic acids is 1. The highest BCUT2D eigenvalue weighted by Gasteiger charge is 2.14. The molecule has 4 aromatic rings. The van der Waals surface area contributed by atoms with Crippen LogP contribution >= 0.6 is 11.3 Å². The van der Waals surface area contributed by atoms with E-state index in [1.807, 2.05) is 6.07 Å². The van der Waals surface area contributed by atoms with E-state index in [9.17, 15) is 13.6 Å². The number of thiazole rings is 1. The maximum atomic E-state index is 13.4. The molecule has 2 aromatic carbocycles. The quantitative estimate of drug-likeness (QED) is 0.395. The van der Waals surface area contributed by atoms with Gasteiger partial charge < -0.3 is 14.8 Å². The number of nitrogens with one attached hydrogen (secondary N) is 1. The number of hydrogen-bond acceptors (Lipinski definition) is 6. The normalized spacial score (nSPS) is 10.6. The molecule has 1 amide bonds. The Hall–Kier alpha value is -3.85. The highest BCUT2D eigenvalue weighted by Crippen LogP contribution is 2.34. The van der Waals surface area contributed by atoms with E-state index in [0.717, 1.165) is 23.3 Å². The van der Waals surface area contributed by atoms with Gasteiger partial charge in [0.1, 0.15) is 17.3 Å². The number of pyridine rings is 1. The molecule has 6 nitrogen and oxygen atoms in total. The first kappa shape index (κ1) is 22.3. The van der Waals surface area contributed by atoms with Gasteiger partial charge in [0.05, 0.1) is 7.11 Å². The average molecular weight is 467 g/mol. The number of aromatic nitrogens is 2. The Labute approximate surface area is 192 Å². The maximum Gasteiger partial charge on any atom is 0.271 e. The van der Waals surface area contributed by atoms with Crippen LogP contribution in [0, 0.1) is 11.6 Å². The molecule has 168 valence electrons. The van der Waals surface area contributed by atoms with Crippen LogP contribution in [0.4, 0.5) is 8.78 Å². The third kappa shape index (κ3) is 5.50. The van der Waals surface area contributed by atoms with E-state index in [2.05, 4.69) is 15.3 Å². The number of ether oxygens (including phenoxy) is 2. The van der Waals surface area contributed by atoms with Gasteiger partial charge in [-0.1, -0.05) is 12.1 Å². The summed E-state index contributed by atoms with van der Waals surface area (Å²) < 4.78 is 37.6. The van der Waals surface area contributed by atoms with Crippen LogP contribution in [0.2, 0.25) is 0 Å². The van der Waals surface area contributed by atoms with Crippen LogP contribution in [0.5, 0.6) is 11.5 Å². The second-order valence-electron chi connectivity index (χ2n) is 6.98. The van der Waals surface area contributed by atoms with Crippen molar-refractivity contribution >= 4 is 17.2 Å². The number of halogens is 2. The molecule has 0 spiro atoms. The molecule has 9 heteroatoms. The lowest BCUT2D eigenvalue weighted by molar-refractivity contribution is 0.0946. The summed E-state index contributed by atoms with van der Waals surface area (Å²) in [6.07, 6.45) is 3.36. The number of nitrogens with zero attached hydrogens (tertiary/aromatic N) is 2. The third-order valence-corrected chi connectivity index (χ3v) is 5.59. The van der Waals surface area contributed by atoms with Gasteiger partial charge in [0.15, 0.2) is 23.1 Å². The van der Waals surface area contributed by atoms with E-state index in [-0.39, 0.29) is 12.5 Å². The van der Waals surface area contributed by atoms with E-state index in [1.165, 1.54) is 24.5 Å². The molecular weight excluding hydrogens is 448 g/mol. The Morgan fingerprint density at radius 1 is 1.06 bits per heavy atom. The second kappa shape index (κ2) is 10.2. The van der Waals surface area contributed by atoms with Crippen molar-refractivity contribution in [2.75, 3.05) is 7.11 Å². The average Bonchev–Trinajstić information content (AvgIpc) is 3.34. The molecule has 1 N–H and O–H groups in total. The number of rotatable bonds is 8. The van der Waals surface area contributed by atoms with Gasteiger partial charge in [-0.2, -0.15) is 0 Å². The van der Waals surface area contributed by atoms with Gasteiger partial charge in [-0.15, -0.1) is 11.3 Å². The summed E-state index contributed by atoms with van der Waals surface area (Å²) in [6, 6.07) is 12.5. The van der Waals surface area contributed by atoms with Gasteiger partial charge in [0.25, 0.3) is 5.91 Å². The van der Waals surface area contributed by atoms with E-state index in [4.69, 9.17) is 9.47 Å². The van der Waals surface area contributed by atoms with Gasteiger partial charge in [-0.05, 0) is 47.5 Å². The zero-order valence-electron chi connectivity index (χ0n) is 17.5. The zero-order valence-corrected chi connectivity index (χ0v) is 18.4. The van der Waals surface area contributed by atoms with Crippen LogP contribution in [-0.2, 0) is 13.2 Å². The van der Waals surface area contributed by atoms with Crippen LogP contribution in [0.1, 0.15) is 21.6 Å². The van der Waals surface area contributed by atoms with Crippen molar-refractivity contribution in [2.45, 2.75) is 13.2 Å². The minimum atomic E-state index is -0.928. The predicted molar refractivity (Wildman–Crippen MR) is 120 cm³/mol. The van der Waals surface area contributed by atoms with Crippen molar-refractivity contribution in [3.05, 3.63) is 94.8 Å². The molecule has 0 atom stereocenters. The van der Waals surface area contributed by atoms with Crippen LogP contribution in [0.3, 0.4) is 0 Å². The summed E-state index contributed by atoms with van der Waals surface area (Å²) in [5.41, 5.74) is 2.45. The summed E-state index contributed by atoms with van der Waals surface area (Å²) in [4.78, 5) is 20.9.